The number of hydrogen-bond donors (Lipinski definition) is 3. The van der Waals surface area contributed by atoms with Gasteiger partial charge >= 0.3 is 18.4 Å². The summed E-state index contributed by atoms with van der Waals surface area (Å²) in [6.07, 6.45) is -7.94. The van der Waals surface area contributed by atoms with Crippen LogP contribution in [0.5, 0.6) is 0 Å². The number of nitrogens with one attached hydrogen (secondary N) is 2. The molecule has 1 aliphatic heterocycles. The van der Waals surface area contributed by atoms with Crippen molar-refractivity contribution >= 4 is 11.8 Å². The third kappa shape index (κ3) is 3.82. The largest absolute Gasteiger partial charge is 0.437 e. The van der Waals surface area contributed by atoms with E-state index in [1.165, 1.54) is 17.6 Å². The van der Waals surface area contributed by atoms with E-state index in [-0.39, 0.29) is 11.1 Å². The zero-order chi connectivity index (χ0) is 22.3. The van der Waals surface area contributed by atoms with Gasteiger partial charge in [-0.2, -0.15) is 26.3 Å². The predicted octanol–water partition coefficient (Wildman–Crippen LogP) is 3.20. The van der Waals surface area contributed by atoms with Crippen LogP contribution in [0, 0.1) is 5.92 Å². The molecule has 0 spiro atoms. The van der Waals surface area contributed by atoms with E-state index in [1.54, 1.807) is 0 Å². The average Bonchev–Trinajstić information content (AvgIpc) is 2.66. The van der Waals surface area contributed by atoms with E-state index in [2.05, 4.69) is 10.3 Å². The van der Waals surface area contributed by atoms with Crippen LogP contribution in [-0.2, 0) is 6.18 Å². The lowest BCUT2D eigenvalue weighted by atomic mass is 9.77. The molecule has 1 aliphatic rings. The quantitative estimate of drug-likeness (QED) is 0.512. The van der Waals surface area contributed by atoms with Gasteiger partial charge in [0.05, 0.1) is 11.6 Å². The lowest BCUT2D eigenvalue weighted by Gasteiger charge is -2.45. The van der Waals surface area contributed by atoms with Crippen LogP contribution in [0.2, 0.25) is 0 Å². The van der Waals surface area contributed by atoms with Gasteiger partial charge in [-0.1, -0.05) is 12.1 Å². The van der Waals surface area contributed by atoms with E-state index in [0.29, 0.717) is 12.1 Å². The van der Waals surface area contributed by atoms with Crippen LogP contribution >= 0.6 is 0 Å². The normalized spacial score (nSPS) is 24.7. The summed E-state index contributed by atoms with van der Waals surface area (Å²) in [4.78, 5) is 28.4. The fourth-order valence-corrected chi connectivity index (χ4v) is 3.18. The standard InChI is InChI=1S/C18H13F6N3O3/c19-17(20,21)11-5-3-9(4-6-11)13-12(14(28)10-2-1-7-25-8-10)16(30,18(22,23)24)27-15(29)26-13/h1-8,12-13,30H,(H2,26,27,29). The zero-order valence-electron chi connectivity index (χ0n) is 14.8. The smallest absolute Gasteiger partial charge is 0.363 e. The van der Waals surface area contributed by atoms with Gasteiger partial charge in [0.25, 0.3) is 0 Å². The number of alkyl halides is 6. The third-order valence-corrected chi connectivity index (χ3v) is 4.63. The van der Waals surface area contributed by atoms with Crippen LogP contribution in [0.25, 0.3) is 0 Å². The van der Waals surface area contributed by atoms with Gasteiger partial charge in [0.15, 0.2) is 5.78 Å². The minimum absolute atomic E-state index is 0.234. The zero-order valence-corrected chi connectivity index (χ0v) is 14.8. The summed E-state index contributed by atoms with van der Waals surface area (Å²) in [5, 5.41) is 13.8. The molecule has 3 rings (SSSR count). The van der Waals surface area contributed by atoms with Crippen molar-refractivity contribution in [3.63, 3.8) is 0 Å². The van der Waals surface area contributed by atoms with Crippen LogP contribution in [-0.4, -0.2) is 33.8 Å². The number of amides is 2. The average molecular weight is 433 g/mol. The van der Waals surface area contributed by atoms with Crippen LogP contribution in [0.15, 0.2) is 48.8 Å². The monoisotopic (exact) mass is 433 g/mol. The molecule has 0 saturated carbocycles. The molecule has 2 amide bonds. The van der Waals surface area contributed by atoms with Crippen molar-refractivity contribution in [1.29, 1.82) is 0 Å². The number of pyridine rings is 1. The molecule has 1 saturated heterocycles. The first-order chi connectivity index (χ1) is 13.8. The van der Waals surface area contributed by atoms with Crippen molar-refractivity contribution in [3.8, 4) is 0 Å². The Hall–Kier alpha value is -3.15. The molecule has 3 unspecified atom stereocenters. The Morgan fingerprint density at radius 3 is 2.20 bits per heavy atom. The summed E-state index contributed by atoms with van der Waals surface area (Å²) in [6, 6.07) is 2.08. The summed E-state index contributed by atoms with van der Waals surface area (Å²) >= 11 is 0. The van der Waals surface area contributed by atoms with E-state index in [9.17, 15) is 41.0 Å². The number of halogens is 6. The van der Waals surface area contributed by atoms with Gasteiger partial charge in [0.2, 0.25) is 5.72 Å². The lowest BCUT2D eigenvalue weighted by molar-refractivity contribution is -0.287. The minimum Gasteiger partial charge on any atom is -0.363 e. The number of Topliss-reactive ketones (excluding diaryl/α,β-unsaturated/α-hetero) is 1. The van der Waals surface area contributed by atoms with Gasteiger partial charge in [0.1, 0.15) is 5.92 Å². The van der Waals surface area contributed by atoms with Gasteiger partial charge in [-0.3, -0.25) is 9.78 Å². The second kappa shape index (κ2) is 7.27. The molecule has 0 aliphatic carbocycles. The highest BCUT2D eigenvalue weighted by Crippen LogP contribution is 2.44. The number of ketones is 1. The summed E-state index contributed by atoms with van der Waals surface area (Å²) in [5.41, 5.74) is -5.58. The topological polar surface area (TPSA) is 91.3 Å². The molecule has 1 fully saturated rings. The number of carbonyl (C=O) groups excluding carboxylic acids is 2. The minimum atomic E-state index is -5.47. The van der Waals surface area contributed by atoms with E-state index >= 15 is 0 Å². The highest BCUT2D eigenvalue weighted by Gasteiger charge is 2.66. The summed E-state index contributed by atoms with van der Waals surface area (Å²) in [7, 11) is 0. The first-order valence-corrected chi connectivity index (χ1v) is 8.34. The van der Waals surface area contributed by atoms with Crippen molar-refractivity contribution in [2.75, 3.05) is 0 Å². The number of carbonyl (C=O) groups is 2. The molecule has 3 N–H and O–H groups in total. The Kier molecular flexibility index (Phi) is 5.23. The molecule has 1 aromatic carbocycles. The van der Waals surface area contributed by atoms with Gasteiger partial charge in [0, 0.05) is 18.0 Å². The van der Waals surface area contributed by atoms with Gasteiger partial charge in [-0.25, -0.2) is 4.79 Å². The Morgan fingerprint density at radius 2 is 1.70 bits per heavy atom. The molecule has 0 radical (unpaired) electrons. The Morgan fingerprint density at radius 1 is 1.07 bits per heavy atom. The maximum absolute atomic E-state index is 13.7. The van der Waals surface area contributed by atoms with Crippen molar-refractivity contribution in [3.05, 3.63) is 65.5 Å². The lowest BCUT2D eigenvalue weighted by Crippen LogP contribution is -2.72. The van der Waals surface area contributed by atoms with E-state index in [0.717, 1.165) is 24.4 Å². The molecule has 1 aromatic heterocycles. The SMILES string of the molecule is O=C1NC(c2ccc(C(F)(F)F)cc2)C(C(=O)c2cccnc2)C(O)(C(F)(F)F)N1. The van der Waals surface area contributed by atoms with Crippen LogP contribution in [0.1, 0.15) is 27.5 Å². The molecule has 12 heteroatoms. The first-order valence-electron chi connectivity index (χ1n) is 8.34. The van der Waals surface area contributed by atoms with Gasteiger partial charge < -0.3 is 15.7 Å². The fraction of sp³-hybridized carbons (Fsp3) is 0.278. The number of benzene rings is 1. The first kappa shape index (κ1) is 21.6. The number of aromatic nitrogens is 1. The summed E-state index contributed by atoms with van der Waals surface area (Å²) < 4.78 is 79.6. The number of hydrogen-bond acceptors (Lipinski definition) is 4. The number of nitrogens with zero attached hydrogens (tertiary/aromatic N) is 1. The highest BCUT2D eigenvalue weighted by atomic mass is 19.4. The number of rotatable bonds is 3. The molecule has 2 heterocycles. The van der Waals surface area contributed by atoms with Crippen molar-refractivity contribution in [2.45, 2.75) is 24.1 Å². The second-order valence-corrected chi connectivity index (χ2v) is 6.54. The van der Waals surface area contributed by atoms with Crippen LogP contribution in [0.4, 0.5) is 31.1 Å². The third-order valence-electron chi connectivity index (χ3n) is 4.63. The van der Waals surface area contributed by atoms with Crippen molar-refractivity contribution < 1.29 is 41.0 Å². The summed E-state index contributed by atoms with van der Waals surface area (Å²) in [5.74, 6) is -3.57. The Balaban J connectivity index is 2.13. The maximum Gasteiger partial charge on any atom is 0.437 e. The second-order valence-electron chi connectivity index (χ2n) is 6.54. The Bertz CT molecular complexity index is 946. The van der Waals surface area contributed by atoms with E-state index < -0.39 is 47.4 Å². The van der Waals surface area contributed by atoms with E-state index in [1.807, 2.05) is 0 Å². The van der Waals surface area contributed by atoms with E-state index in [4.69, 9.17) is 0 Å². The van der Waals surface area contributed by atoms with Gasteiger partial charge in [-0.15, -0.1) is 0 Å². The van der Waals surface area contributed by atoms with Crippen LogP contribution in [0.3, 0.4) is 0 Å². The molecular weight excluding hydrogens is 420 g/mol. The molecule has 6 nitrogen and oxygen atoms in total. The maximum atomic E-state index is 13.7. The van der Waals surface area contributed by atoms with Gasteiger partial charge in [-0.05, 0) is 29.8 Å². The predicted molar refractivity (Wildman–Crippen MR) is 88.9 cm³/mol. The molecular formula is C18H13F6N3O3. The fourth-order valence-electron chi connectivity index (χ4n) is 3.18. The van der Waals surface area contributed by atoms with Crippen molar-refractivity contribution in [1.82, 2.24) is 15.6 Å². The summed E-state index contributed by atoms with van der Waals surface area (Å²) in [6.45, 7) is 0. The van der Waals surface area contributed by atoms with Crippen LogP contribution < -0.4 is 10.6 Å². The Labute approximate surface area is 164 Å². The number of urea groups is 1. The number of aliphatic hydroxyl groups is 1. The molecule has 30 heavy (non-hydrogen) atoms. The molecule has 0 bridgehead atoms. The molecule has 3 atom stereocenters. The molecule has 2 aromatic rings. The highest BCUT2D eigenvalue weighted by molar-refractivity contribution is 6.00. The molecule has 160 valence electrons. The van der Waals surface area contributed by atoms with Crippen molar-refractivity contribution in [2.24, 2.45) is 5.92 Å².